The summed E-state index contributed by atoms with van der Waals surface area (Å²) in [5.41, 5.74) is 0. The van der Waals surface area contributed by atoms with E-state index >= 15 is 0 Å². The third-order valence-corrected chi connectivity index (χ3v) is 2.48. The molecule has 0 bridgehead atoms. The first-order valence-electron chi connectivity index (χ1n) is 3.08. The summed E-state index contributed by atoms with van der Waals surface area (Å²) in [5, 5.41) is 0. The van der Waals surface area contributed by atoms with Crippen molar-refractivity contribution >= 4 is 27.0 Å². The van der Waals surface area contributed by atoms with Crippen molar-refractivity contribution in [2.24, 2.45) is 0 Å². The van der Waals surface area contributed by atoms with Crippen molar-refractivity contribution in [1.29, 1.82) is 0 Å². The summed E-state index contributed by atoms with van der Waals surface area (Å²) in [4.78, 5) is 0.159. The van der Waals surface area contributed by atoms with Crippen LogP contribution in [0.3, 0.4) is 0 Å². The zero-order chi connectivity index (χ0) is 9.14. The van der Waals surface area contributed by atoms with Gasteiger partial charge in [0.25, 0.3) is 0 Å². The molecule has 0 fully saturated rings. The smallest absolute Gasteiger partial charge is 0.768 e. The molecule has 0 saturated heterocycles. The molecule has 1 rings (SSSR count). The van der Waals surface area contributed by atoms with Crippen LogP contribution in [0.25, 0.3) is 0 Å². The largest absolute Gasteiger partial charge is 1.00 e. The molecule has 0 aliphatic carbocycles. The van der Waals surface area contributed by atoms with E-state index in [0.29, 0.717) is 10.2 Å². The second-order valence-corrected chi connectivity index (χ2v) is 3.85. The van der Waals surface area contributed by atoms with Crippen molar-refractivity contribution < 1.29 is 43.1 Å². The van der Waals surface area contributed by atoms with Crippen LogP contribution in [0.15, 0.2) is 27.6 Å². The van der Waals surface area contributed by atoms with E-state index in [1.165, 1.54) is 13.2 Å². The number of hydrogen-bond acceptors (Lipinski definition) is 3. The fourth-order valence-corrected chi connectivity index (χ4v) is 1.83. The van der Waals surface area contributed by atoms with Crippen LogP contribution < -0.4 is 34.3 Å². The zero-order valence-electron chi connectivity index (χ0n) is 7.24. The van der Waals surface area contributed by atoms with Gasteiger partial charge >= 0.3 is 29.6 Å². The minimum Gasteiger partial charge on any atom is -0.768 e. The third kappa shape index (κ3) is 3.69. The van der Waals surface area contributed by atoms with E-state index in [9.17, 15) is 8.76 Å². The molecule has 0 N–H and O–H groups in total. The summed E-state index contributed by atoms with van der Waals surface area (Å²) >= 11 is 0.909. The summed E-state index contributed by atoms with van der Waals surface area (Å²) < 4.78 is 26.8. The van der Waals surface area contributed by atoms with Crippen molar-refractivity contribution in [2.75, 3.05) is 7.11 Å². The normalized spacial score (nSPS) is 11.6. The predicted molar refractivity (Wildman–Crippen MR) is 47.9 cm³/mol. The average molecular weight is 273 g/mol. The van der Waals surface area contributed by atoms with Gasteiger partial charge in [0.1, 0.15) is 5.75 Å². The Kier molecular flexibility index (Phi) is 6.45. The summed E-state index contributed by atoms with van der Waals surface area (Å²) in [7, 11) is 1.43. The molecule has 1 aromatic rings. The van der Waals surface area contributed by atoms with E-state index in [2.05, 4.69) is 15.9 Å². The van der Waals surface area contributed by atoms with Crippen molar-refractivity contribution in [3.63, 3.8) is 0 Å². The minimum atomic E-state index is -2.26. The van der Waals surface area contributed by atoms with Gasteiger partial charge in [-0.1, -0.05) is 15.9 Å². The van der Waals surface area contributed by atoms with Gasteiger partial charge < -0.3 is 9.29 Å². The molecule has 0 amide bonds. The fraction of sp³-hybridized carbons (Fsp3) is 0.143. The van der Waals surface area contributed by atoms with E-state index in [1.807, 2.05) is 0 Å². The van der Waals surface area contributed by atoms with Crippen molar-refractivity contribution in [3.8, 4) is 5.75 Å². The molecule has 66 valence electrons. The third-order valence-electron chi connectivity index (χ3n) is 1.31. The van der Waals surface area contributed by atoms with Gasteiger partial charge in [-0.3, -0.25) is 4.21 Å². The van der Waals surface area contributed by atoms with Crippen LogP contribution in [-0.2, 0) is 11.1 Å². The Hall–Kier alpha value is 0.610. The second kappa shape index (κ2) is 6.16. The van der Waals surface area contributed by atoms with Gasteiger partial charge in [0.15, 0.2) is 0 Å². The van der Waals surface area contributed by atoms with Crippen molar-refractivity contribution in [1.82, 2.24) is 0 Å². The quantitative estimate of drug-likeness (QED) is 0.497. The molecule has 0 spiro atoms. The number of rotatable bonds is 2. The molecule has 1 atom stereocenters. The number of methoxy groups -OCH3 is 1. The molecule has 6 heteroatoms. The molecule has 13 heavy (non-hydrogen) atoms. The Labute approximate surface area is 110 Å². The fourth-order valence-electron chi connectivity index (χ4n) is 0.781. The van der Waals surface area contributed by atoms with Gasteiger partial charge in [-0.05, 0) is 29.3 Å². The maximum absolute atomic E-state index is 10.6. The van der Waals surface area contributed by atoms with Gasteiger partial charge in [-0.25, -0.2) is 0 Å². The average Bonchev–Trinajstić information content (AvgIpc) is 2.04. The number of benzene rings is 1. The predicted octanol–water partition coefficient (Wildman–Crippen LogP) is -1.30. The first kappa shape index (κ1) is 13.6. The maximum Gasteiger partial charge on any atom is 1.00 e. The first-order chi connectivity index (χ1) is 5.65. The van der Waals surface area contributed by atoms with Crippen molar-refractivity contribution in [2.45, 2.75) is 4.90 Å². The summed E-state index contributed by atoms with van der Waals surface area (Å²) in [5.74, 6) is 0.353. The molecule has 0 aromatic heterocycles. The molecule has 0 aliphatic rings. The second-order valence-electron chi connectivity index (χ2n) is 2.03. The first-order valence-corrected chi connectivity index (χ1v) is 4.94. The van der Waals surface area contributed by atoms with Crippen LogP contribution in [0.1, 0.15) is 0 Å². The number of ether oxygens (including phenoxy) is 1. The summed E-state index contributed by atoms with van der Waals surface area (Å²) in [6, 6.07) is 4.80. The van der Waals surface area contributed by atoms with Crippen LogP contribution in [0.5, 0.6) is 5.75 Å². The number of halogens is 1. The van der Waals surface area contributed by atoms with Gasteiger partial charge in [-0.15, -0.1) is 0 Å². The van der Waals surface area contributed by atoms with E-state index in [-0.39, 0.29) is 34.5 Å². The Balaban J connectivity index is 0.00000144. The van der Waals surface area contributed by atoms with E-state index in [0.717, 1.165) is 0 Å². The van der Waals surface area contributed by atoms with E-state index in [1.54, 1.807) is 12.1 Å². The monoisotopic (exact) mass is 272 g/mol. The minimum absolute atomic E-state index is 0. The topological polar surface area (TPSA) is 49.4 Å². The van der Waals surface area contributed by atoms with Crippen LogP contribution in [0.2, 0.25) is 0 Å². The maximum atomic E-state index is 10.6. The summed E-state index contributed by atoms with van der Waals surface area (Å²) in [6.07, 6.45) is 0. The van der Waals surface area contributed by atoms with Crippen LogP contribution >= 0.6 is 15.9 Å². The Morgan fingerprint density at radius 2 is 2.15 bits per heavy atom. The molecule has 0 radical (unpaired) electrons. The van der Waals surface area contributed by atoms with Gasteiger partial charge in [0.2, 0.25) is 0 Å². The molecule has 3 nitrogen and oxygen atoms in total. The Morgan fingerprint density at radius 1 is 1.54 bits per heavy atom. The van der Waals surface area contributed by atoms with Gasteiger partial charge in [0.05, 0.1) is 12.0 Å². The molecule has 0 heterocycles. The molecule has 1 unspecified atom stereocenters. The van der Waals surface area contributed by atoms with Crippen LogP contribution in [-0.4, -0.2) is 15.9 Å². The number of hydrogen-bond donors (Lipinski definition) is 0. The van der Waals surface area contributed by atoms with Crippen LogP contribution in [0, 0.1) is 0 Å². The van der Waals surface area contributed by atoms with Crippen LogP contribution in [0.4, 0.5) is 0 Å². The molecule has 0 saturated carbocycles. The van der Waals surface area contributed by atoms with Gasteiger partial charge in [-0.2, -0.15) is 0 Å². The standard InChI is InChI=1S/C7H7BrO3S.Na/c1-11-6-3-2-5(8)4-7(6)12(9)10;/h2-4H,1H3,(H,9,10);/q;+1/p-1. The molecule has 0 aliphatic heterocycles. The molecular weight excluding hydrogens is 267 g/mol. The molecular formula is C7H6BrNaO3S. The Bertz CT molecular complexity index is 319. The Morgan fingerprint density at radius 3 is 2.62 bits per heavy atom. The molecule has 1 aromatic carbocycles. The SMILES string of the molecule is COc1ccc(Br)cc1S(=O)[O-].[Na+]. The van der Waals surface area contributed by atoms with Crippen molar-refractivity contribution in [3.05, 3.63) is 22.7 Å². The zero-order valence-corrected chi connectivity index (χ0v) is 11.6. The van der Waals surface area contributed by atoms with E-state index < -0.39 is 11.1 Å². The van der Waals surface area contributed by atoms with E-state index in [4.69, 9.17) is 4.74 Å². The van der Waals surface area contributed by atoms with Gasteiger partial charge in [0, 0.05) is 4.47 Å². The summed E-state index contributed by atoms with van der Waals surface area (Å²) in [6.45, 7) is 0.